The number of thiol groups is 1. The van der Waals surface area contributed by atoms with Crippen molar-refractivity contribution < 1.29 is 23.1 Å². The number of rotatable bonds is 3. The van der Waals surface area contributed by atoms with Crippen molar-refractivity contribution >= 4 is 18.5 Å². The Morgan fingerprint density at radius 2 is 1.94 bits per heavy atom. The largest absolute Gasteiger partial charge is 0.391 e. The monoisotopic (exact) mass is 271 g/mol. The SMILES string of the molecule is O=C(NCCS)C1(O)CCC(C(F)(F)F)CC1. The van der Waals surface area contributed by atoms with E-state index in [1.807, 2.05) is 0 Å². The topological polar surface area (TPSA) is 49.3 Å². The highest BCUT2D eigenvalue weighted by atomic mass is 32.1. The van der Waals surface area contributed by atoms with E-state index in [-0.39, 0.29) is 25.7 Å². The van der Waals surface area contributed by atoms with Gasteiger partial charge in [0, 0.05) is 12.3 Å². The summed E-state index contributed by atoms with van der Waals surface area (Å²) in [5.41, 5.74) is -1.65. The Labute approximate surface area is 103 Å². The molecule has 0 bridgehead atoms. The Hall–Kier alpha value is -0.430. The molecule has 0 aromatic rings. The summed E-state index contributed by atoms with van der Waals surface area (Å²) in [6.07, 6.45) is -4.92. The van der Waals surface area contributed by atoms with E-state index >= 15 is 0 Å². The molecule has 1 aliphatic carbocycles. The van der Waals surface area contributed by atoms with Gasteiger partial charge in [-0.2, -0.15) is 25.8 Å². The van der Waals surface area contributed by atoms with Crippen LogP contribution in [0.15, 0.2) is 0 Å². The summed E-state index contributed by atoms with van der Waals surface area (Å²) < 4.78 is 37.2. The van der Waals surface area contributed by atoms with Gasteiger partial charge in [0.15, 0.2) is 0 Å². The van der Waals surface area contributed by atoms with Gasteiger partial charge in [-0.1, -0.05) is 0 Å². The van der Waals surface area contributed by atoms with E-state index in [0.29, 0.717) is 12.3 Å². The summed E-state index contributed by atoms with van der Waals surface area (Å²) in [6, 6.07) is 0. The number of amides is 1. The number of alkyl halides is 3. The van der Waals surface area contributed by atoms with Gasteiger partial charge in [-0.25, -0.2) is 0 Å². The van der Waals surface area contributed by atoms with Crippen LogP contribution in [0, 0.1) is 5.92 Å². The molecular formula is C10H16F3NO2S. The Morgan fingerprint density at radius 1 is 1.41 bits per heavy atom. The molecule has 0 radical (unpaired) electrons. The summed E-state index contributed by atoms with van der Waals surface area (Å²) in [5.74, 6) is -1.57. The van der Waals surface area contributed by atoms with Gasteiger partial charge in [0.05, 0.1) is 5.92 Å². The third kappa shape index (κ3) is 3.77. The molecule has 1 fully saturated rings. The second-order valence-electron chi connectivity index (χ2n) is 4.33. The zero-order chi connectivity index (χ0) is 13.1. The van der Waals surface area contributed by atoms with Crippen molar-refractivity contribution in [1.29, 1.82) is 0 Å². The van der Waals surface area contributed by atoms with E-state index in [4.69, 9.17) is 0 Å². The Kier molecular flexibility index (Phi) is 4.71. The van der Waals surface area contributed by atoms with Crippen LogP contribution in [0.2, 0.25) is 0 Å². The highest BCUT2D eigenvalue weighted by molar-refractivity contribution is 7.80. The van der Waals surface area contributed by atoms with Crippen LogP contribution in [0.3, 0.4) is 0 Å². The molecule has 0 aromatic heterocycles. The quantitative estimate of drug-likeness (QED) is 0.682. The zero-order valence-corrected chi connectivity index (χ0v) is 10.2. The number of aliphatic hydroxyl groups is 1. The molecular weight excluding hydrogens is 255 g/mol. The first-order valence-corrected chi connectivity index (χ1v) is 6.11. The van der Waals surface area contributed by atoms with Gasteiger partial charge < -0.3 is 10.4 Å². The molecule has 0 heterocycles. The van der Waals surface area contributed by atoms with Crippen LogP contribution in [0.1, 0.15) is 25.7 Å². The highest BCUT2D eigenvalue weighted by Gasteiger charge is 2.47. The smallest absolute Gasteiger partial charge is 0.380 e. The van der Waals surface area contributed by atoms with Crippen LogP contribution in [0.5, 0.6) is 0 Å². The fourth-order valence-corrected chi connectivity index (χ4v) is 2.10. The normalized spacial score (nSPS) is 30.1. The summed E-state index contributed by atoms with van der Waals surface area (Å²) in [5, 5.41) is 12.4. The van der Waals surface area contributed by atoms with E-state index in [2.05, 4.69) is 17.9 Å². The third-order valence-corrected chi connectivity index (χ3v) is 3.32. The molecule has 0 saturated heterocycles. The van der Waals surface area contributed by atoms with Crippen molar-refractivity contribution in [1.82, 2.24) is 5.32 Å². The Morgan fingerprint density at radius 3 is 2.35 bits per heavy atom. The first kappa shape index (κ1) is 14.6. The van der Waals surface area contributed by atoms with E-state index in [9.17, 15) is 23.1 Å². The molecule has 1 aliphatic rings. The molecule has 0 aliphatic heterocycles. The van der Waals surface area contributed by atoms with Crippen molar-refractivity contribution in [3.05, 3.63) is 0 Å². The maximum Gasteiger partial charge on any atom is 0.391 e. The molecule has 0 aromatic carbocycles. The van der Waals surface area contributed by atoms with Gasteiger partial charge >= 0.3 is 6.18 Å². The summed E-state index contributed by atoms with van der Waals surface area (Å²) in [7, 11) is 0. The summed E-state index contributed by atoms with van der Waals surface area (Å²) in [6.45, 7) is 0.299. The van der Waals surface area contributed by atoms with Gasteiger partial charge in [-0.05, 0) is 25.7 Å². The van der Waals surface area contributed by atoms with Crippen LogP contribution < -0.4 is 5.32 Å². The molecule has 0 spiro atoms. The number of carbonyl (C=O) groups excluding carboxylic acids is 1. The van der Waals surface area contributed by atoms with E-state index < -0.39 is 23.6 Å². The highest BCUT2D eigenvalue weighted by Crippen LogP contribution is 2.41. The maximum absolute atomic E-state index is 12.4. The molecule has 1 saturated carbocycles. The van der Waals surface area contributed by atoms with Gasteiger partial charge in [0.25, 0.3) is 5.91 Å². The maximum atomic E-state index is 12.4. The number of hydrogen-bond donors (Lipinski definition) is 3. The lowest BCUT2D eigenvalue weighted by atomic mass is 9.78. The molecule has 0 atom stereocenters. The van der Waals surface area contributed by atoms with Crippen LogP contribution >= 0.6 is 12.6 Å². The lowest BCUT2D eigenvalue weighted by Gasteiger charge is -2.35. The predicted octanol–water partition coefficient (Wildman–Crippen LogP) is 1.52. The third-order valence-electron chi connectivity index (χ3n) is 3.10. The fraction of sp³-hybridized carbons (Fsp3) is 0.900. The van der Waals surface area contributed by atoms with Gasteiger partial charge in [0.2, 0.25) is 0 Å². The summed E-state index contributed by atoms with van der Waals surface area (Å²) >= 11 is 3.89. The van der Waals surface area contributed by atoms with Gasteiger partial charge in [-0.3, -0.25) is 4.79 Å². The average Bonchev–Trinajstić information content (AvgIpc) is 2.25. The number of nitrogens with one attached hydrogen (secondary N) is 1. The lowest BCUT2D eigenvalue weighted by molar-refractivity contribution is -0.194. The molecule has 2 N–H and O–H groups in total. The van der Waals surface area contributed by atoms with Crippen molar-refractivity contribution in [3.8, 4) is 0 Å². The number of carbonyl (C=O) groups is 1. The fourth-order valence-electron chi connectivity index (χ4n) is 1.98. The van der Waals surface area contributed by atoms with E-state index in [1.165, 1.54) is 0 Å². The molecule has 1 rings (SSSR count). The predicted molar refractivity (Wildman–Crippen MR) is 59.8 cm³/mol. The molecule has 100 valence electrons. The molecule has 0 unspecified atom stereocenters. The van der Waals surface area contributed by atoms with Gasteiger partial charge in [-0.15, -0.1) is 0 Å². The number of halogens is 3. The summed E-state index contributed by atoms with van der Waals surface area (Å²) in [4.78, 5) is 11.6. The van der Waals surface area contributed by atoms with Crippen molar-refractivity contribution in [3.63, 3.8) is 0 Å². The van der Waals surface area contributed by atoms with Crippen LogP contribution in [-0.2, 0) is 4.79 Å². The Balaban J connectivity index is 2.52. The lowest BCUT2D eigenvalue weighted by Crippen LogP contribution is -2.50. The minimum atomic E-state index is -4.23. The van der Waals surface area contributed by atoms with E-state index in [1.54, 1.807) is 0 Å². The van der Waals surface area contributed by atoms with Gasteiger partial charge in [0.1, 0.15) is 5.60 Å². The first-order valence-electron chi connectivity index (χ1n) is 5.48. The standard InChI is InChI=1S/C10H16F3NO2S/c11-10(12,13)7-1-3-9(16,4-2-7)8(15)14-5-6-17/h7,16-17H,1-6H2,(H,14,15). The van der Waals surface area contributed by atoms with Crippen molar-refractivity contribution in [2.24, 2.45) is 5.92 Å². The second kappa shape index (κ2) is 5.48. The minimum Gasteiger partial charge on any atom is -0.380 e. The Bertz CT molecular complexity index is 275. The zero-order valence-electron chi connectivity index (χ0n) is 9.26. The average molecular weight is 271 g/mol. The molecule has 1 amide bonds. The van der Waals surface area contributed by atoms with Crippen molar-refractivity contribution in [2.45, 2.75) is 37.5 Å². The molecule has 17 heavy (non-hydrogen) atoms. The molecule has 7 heteroatoms. The van der Waals surface area contributed by atoms with Crippen LogP contribution in [0.25, 0.3) is 0 Å². The van der Waals surface area contributed by atoms with Crippen LogP contribution in [0.4, 0.5) is 13.2 Å². The molecule has 3 nitrogen and oxygen atoms in total. The first-order chi connectivity index (χ1) is 7.79. The van der Waals surface area contributed by atoms with E-state index in [0.717, 1.165) is 0 Å². The van der Waals surface area contributed by atoms with Crippen LogP contribution in [-0.4, -0.2) is 35.1 Å². The second-order valence-corrected chi connectivity index (χ2v) is 4.77. The minimum absolute atomic E-state index is 0.143. The number of hydrogen-bond acceptors (Lipinski definition) is 3. The van der Waals surface area contributed by atoms with Crippen molar-refractivity contribution in [2.75, 3.05) is 12.3 Å².